The predicted molar refractivity (Wildman–Crippen MR) is 114 cm³/mol. The molecule has 1 aromatic carbocycles. The Morgan fingerprint density at radius 2 is 2.03 bits per heavy atom. The average molecular weight is 409 g/mol. The predicted octanol–water partition coefficient (Wildman–Crippen LogP) is 4.37. The molecule has 1 saturated heterocycles. The van der Waals surface area contributed by atoms with Gasteiger partial charge in [-0.3, -0.25) is 4.68 Å². The van der Waals surface area contributed by atoms with Gasteiger partial charge in [-0.05, 0) is 50.2 Å². The van der Waals surface area contributed by atoms with Gasteiger partial charge in [0.15, 0.2) is 5.58 Å². The summed E-state index contributed by atoms with van der Waals surface area (Å²) in [5.74, 6) is 1.21. The number of piperidine rings is 1. The summed E-state index contributed by atoms with van der Waals surface area (Å²) in [7, 11) is 1.83. The third-order valence-electron chi connectivity index (χ3n) is 5.32. The largest absolute Gasteiger partial charge is 0.436 e. The molecule has 1 aliphatic heterocycles. The molecule has 0 radical (unpaired) electrons. The SMILES string of the molecule is CNc1ncc(-c2cnn(C3CCNCC3)c2)cc1-c1nc2cc(Cl)ccc2o1. The number of anilines is 1. The molecular formula is C21H21ClN6O. The zero-order valence-electron chi connectivity index (χ0n) is 16.0. The third kappa shape index (κ3) is 3.47. The molecule has 4 aromatic rings. The van der Waals surface area contributed by atoms with Crippen LogP contribution in [0.5, 0.6) is 0 Å². The van der Waals surface area contributed by atoms with E-state index in [9.17, 15) is 0 Å². The quantitative estimate of drug-likeness (QED) is 0.521. The van der Waals surface area contributed by atoms with Crippen molar-refractivity contribution in [3.05, 3.63) is 47.9 Å². The second-order valence-electron chi connectivity index (χ2n) is 7.19. The third-order valence-corrected chi connectivity index (χ3v) is 5.56. The van der Waals surface area contributed by atoms with E-state index in [2.05, 4.69) is 36.6 Å². The van der Waals surface area contributed by atoms with E-state index in [-0.39, 0.29) is 0 Å². The van der Waals surface area contributed by atoms with Gasteiger partial charge in [0.2, 0.25) is 5.89 Å². The summed E-state index contributed by atoms with van der Waals surface area (Å²) in [6.07, 6.45) is 8.03. The number of nitrogens with one attached hydrogen (secondary N) is 2. The summed E-state index contributed by atoms with van der Waals surface area (Å²) in [6, 6.07) is 7.89. The topological polar surface area (TPSA) is 80.8 Å². The number of benzene rings is 1. The van der Waals surface area contributed by atoms with Crippen LogP contribution in [-0.4, -0.2) is 39.9 Å². The van der Waals surface area contributed by atoms with Crippen molar-refractivity contribution in [3.63, 3.8) is 0 Å². The first-order chi connectivity index (χ1) is 14.2. The smallest absolute Gasteiger partial charge is 0.231 e. The summed E-state index contributed by atoms with van der Waals surface area (Å²) >= 11 is 6.08. The fourth-order valence-electron chi connectivity index (χ4n) is 3.76. The maximum absolute atomic E-state index is 6.08. The molecule has 0 saturated carbocycles. The van der Waals surface area contributed by atoms with Crippen LogP contribution in [0.2, 0.25) is 5.02 Å². The van der Waals surface area contributed by atoms with E-state index in [1.165, 1.54) is 0 Å². The molecule has 7 nitrogen and oxygen atoms in total. The summed E-state index contributed by atoms with van der Waals surface area (Å²) in [5.41, 5.74) is 4.21. The standard InChI is InChI=1S/C21H21ClN6O/c1-23-20-17(21-27-18-9-15(22)2-3-19(18)29-21)8-13(10-25-20)14-11-26-28(12-14)16-4-6-24-7-5-16/h2-3,8-12,16,24H,4-7H2,1H3,(H,23,25). The normalized spacial score (nSPS) is 15.1. The number of pyridine rings is 1. The number of rotatable bonds is 4. The molecule has 0 unspecified atom stereocenters. The lowest BCUT2D eigenvalue weighted by atomic mass is 10.1. The Balaban J connectivity index is 1.53. The van der Waals surface area contributed by atoms with Gasteiger partial charge in [-0.25, -0.2) is 9.97 Å². The first-order valence-corrected chi connectivity index (χ1v) is 10.1. The van der Waals surface area contributed by atoms with Crippen molar-refractivity contribution in [1.29, 1.82) is 0 Å². The summed E-state index contributed by atoms with van der Waals surface area (Å²) in [4.78, 5) is 9.18. The van der Waals surface area contributed by atoms with Crippen LogP contribution in [0.25, 0.3) is 33.7 Å². The molecule has 29 heavy (non-hydrogen) atoms. The molecule has 2 N–H and O–H groups in total. The van der Waals surface area contributed by atoms with E-state index < -0.39 is 0 Å². The minimum Gasteiger partial charge on any atom is -0.436 e. The monoisotopic (exact) mass is 408 g/mol. The minimum absolute atomic E-state index is 0.441. The van der Waals surface area contributed by atoms with Crippen LogP contribution in [-0.2, 0) is 0 Å². The first kappa shape index (κ1) is 18.1. The number of hydrogen-bond donors (Lipinski definition) is 2. The van der Waals surface area contributed by atoms with Gasteiger partial charge in [0.1, 0.15) is 11.3 Å². The molecule has 0 bridgehead atoms. The van der Waals surface area contributed by atoms with Crippen molar-refractivity contribution >= 4 is 28.5 Å². The maximum Gasteiger partial charge on any atom is 0.231 e. The van der Waals surface area contributed by atoms with Crippen molar-refractivity contribution in [2.24, 2.45) is 0 Å². The number of aromatic nitrogens is 4. The van der Waals surface area contributed by atoms with Crippen LogP contribution in [0.1, 0.15) is 18.9 Å². The zero-order chi connectivity index (χ0) is 19.8. The Bertz CT molecular complexity index is 1160. The van der Waals surface area contributed by atoms with E-state index in [1.807, 2.05) is 31.6 Å². The van der Waals surface area contributed by atoms with E-state index in [0.29, 0.717) is 28.4 Å². The molecule has 0 amide bonds. The van der Waals surface area contributed by atoms with Gasteiger partial charge in [-0.2, -0.15) is 5.10 Å². The molecule has 5 rings (SSSR count). The van der Waals surface area contributed by atoms with E-state index in [0.717, 1.165) is 48.1 Å². The van der Waals surface area contributed by atoms with Crippen molar-refractivity contribution in [3.8, 4) is 22.6 Å². The van der Waals surface area contributed by atoms with Crippen LogP contribution in [0.4, 0.5) is 5.82 Å². The second kappa shape index (κ2) is 7.50. The number of nitrogens with zero attached hydrogens (tertiary/aromatic N) is 4. The maximum atomic E-state index is 6.08. The highest BCUT2D eigenvalue weighted by molar-refractivity contribution is 6.31. The van der Waals surface area contributed by atoms with E-state index in [1.54, 1.807) is 12.1 Å². The molecule has 4 heterocycles. The Morgan fingerprint density at radius 3 is 2.86 bits per heavy atom. The lowest BCUT2D eigenvalue weighted by Crippen LogP contribution is -2.29. The molecule has 0 aliphatic carbocycles. The highest BCUT2D eigenvalue weighted by atomic mass is 35.5. The minimum atomic E-state index is 0.441. The van der Waals surface area contributed by atoms with Crippen molar-refractivity contribution in [2.75, 3.05) is 25.5 Å². The Kier molecular flexibility index (Phi) is 4.69. The first-order valence-electron chi connectivity index (χ1n) is 9.71. The molecule has 3 aromatic heterocycles. The van der Waals surface area contributed by atoms with Gasteiger partial charge < -0.3 is 15.1 Å². The molecule has 1 aliphatic rings. The second-order valence-corrected chi connectivity index (χ2v) is 7.63. The molecule has 0 spiro atoms. The van der Waals surface area contributed by atoms with E-state index >= 15 is 0 Å². The summed E-state index contributed by atoms with van der Waals surface area (Å²) in [5, 5.41) is 11.7. The molecule has 1 fully saturated rings. The Morgan fingerprint density at radius 1 is 1.17 bits per heavy atom. The number of hydrogen-bond acceptors (Lipinski definition) is 6. The molecule has 8 heteroatoms. The van der Waals surface area contributed by atoms with Gasteiger partial charge in [0.05, 0.1) is 17.8 Å². The zero-order valence-corrected chi connectivity index (χ0v) is 16.8. The summed E-state index contributed by atoms with van der Waals surface area (Å²) in [6.45, 7) is 2.06. The Hall–Kier alpha value is -2.90. The van der Waals surface area contributed by atoms with Crippen LogP contribution >= 0.6 is 11.6 Å². The fourth-order valence-corrected chi connectivity index (χ4v) is 3.93. The fraction of sp³-hybridized carbons (Fsp3) is 0.286. The van der Waals surface area contributed by atoms with Crippen LogP contribution in [0.15, 0.2) is 47.3 Å². The molecular weight excluding hydrogens is 388 g/mol. The van der Waals surface area contributed by atoms with Crippen molar-refractivity contribution in [2.45, 2.75) is 18.9 Å². The number of halogens is 1. The average Bonchev–Trinajstić information content (AvgIpc) is 3.41. The van der Waals surface area contributed by atoms with Gasteiger partial charge in [-0.15, -0.1) is 0 Å². The van der Waals surface area contributed by atoms with Gasteiger partial charge in [0.25, 0.3) is 0 Å². The van der Waals surface area contributed by atoms with Crippen LogP contribution < -0.4 is 10.6 Å². The van der Waals surface area contributed by atoms with Crippen LogP contribution in [0, 0.1) is 0 Å². The van der Waals surface area contributed by atoms with Gasteiger partial charge >= 0.3 is 0 Å². The highest BCUT2D eigenvalue weighted by Gasteiger charge is 2.18. The van der Waals surface area contributed by atoms with E-state index in [4.69, 9.17) is 16.0 Å². The van der Waals surface area contributed by atoms with Crippen molar-refractivity contribution < 1.29 is 4.42 Å². The lowest BCUT2D eigenvalue weighted by Gasteiger charge is -2.22. The van der Waals surface area contributed by atoms with Gasteiger partial charge in [0, 0.05) is 35.6 Å². The summed E-state index contributed by atoms with van der Waals surface area (Å²) < 4.78 is 8.04. The number of oxazole rings is 1. The Labute approximate surface area is 173 Å². The van der Waals surface area contributed by atoms with Crippen molar-refractivity contribution in [1.82, 2.24) is 25.1 Å². The number of fused-ring (bicyclic) bond motifs is 1. The molecule has 148 valence electrons. The van der Waals surface area contributed by atoms with Gasteiger partial charge in [-0.1, -0.05) is 11.6 Å². The molecule has 0 atom stereocenters. The lowest BCUT2D eigenvalue weighted by molar-refractivity contribution is 0.343. The highest BCUT2D eigenvalue weighted by Crippen LogP contribution is 2.33. The van der Waals surface area contributed by atoms with Crippen LogP contribution in [0.3, 0.4) is 0 Å².